The van der Waals surface area contributed by atoms with Crippen molar-refractivity contribution in [3.05, 3.63) is 83.4 Å². The highest BCUT2D eigenvalue weighted by Crippen LogP contribution is 2.44. The average Bonchev–Trinajstić information content (AvgIpc) is 2.88. The lowest BCUT2D eigenvalue weighted by Gasteiger charge is -2.29. The van der Waals surface area contributed by atoms with Crippen molar-refractivity contribution in [2.45, 2.75) is 6.10 Å². The molecule has 7 heteroatoms. The Kier molecular flexibility index (Phi) is 6.46. The van der Waals surface area contributed by atoms with Gasteiger partial charge in [0.15, 0.2) is 6.61 Å². The van der Waals surface area contributed by atoms with Gasteiger partial charge in [0.2, 0.25) is 0 Å². The monoisotopic (exact) mass is 458 g/mol. The van der Waals surface area contributed by atoms with Crippen molar-refractivity contribution in [3.63, 3.8) is 0 Å². The van der Waals surface area contributed by atoms with Crippen molar-refractivity contribution in [1.29, 1.82) is 0 Å². The summed E-state index contributed by atoms with van der Waals surface area (Å²) in [6.45, 7) is 1.52. The lowest BCUT2D eigenvalue weighted by molar-refractivity contribution is -0.118. The summed E-state index contributed by atoms with van der Waals surface area (Å²) in [6.07, 6.45) is 1.83. The molecule has 0 fully saturated rings. The SMILES string of the molecule is O=C1COc2ccc(C3=Cc4ccc(NCCOCCO)cc4OC3c3ccccc3)cc2N1. The quantitative estimate of drug-likeness (QED) is 0.440. The fraction of sp³-hybridized carbons (Fsp3) is 0.222. The van der Waals surface area contributed by atoms with E-state index >= 15 is 0 Å². The molecule has 0 saturated heterocycles. The molecule has 0 bridgehead atoms. The van der Waals surface area contributed by atoms with Gasteiger partial charge in [-0.1, -0.05) is 36.4 Å². The molecule has 3 N–H and O–H groups in total. The van der Waals surface area contributed by atoms with E-state index in [1.807, 2.05) is 66.7 Å². The molecule has 7 nitrogen and oxygen atoms in total. The van der Waals surface area contributed by atoms with Crippen LogP contribution in [0, 0.1) is 0 Å². The van der Waals surface area contributed by atoms with Crippen LogP contribution >= 0.6 is 0 Å². The predicted octanol–water partition coefficient (Wildman–Crippen LogP) is 4.11. The first-order valence-corrected chi connectivity index (χ1v) is 11.3. The van der Waals surface area contributed by atoms with Crippen LogP contribution in [0.15, 0.2) is 66.7 Å². The maximum absolute atomic E-state index is 11.8. The van der Waals surface area contributed by atoms with Gasteiger partial charge >= 0.3 is 0 Å². The molecule has 174 valence electrons. The van der Waals surface area contributed by atoms with E-state index in [2.05, 4.69) is 16.7 Å². The molecule has 0 saturated carbocycles. The Hall–Kier alpha value is -3.81. The Balaban J connectivity index is 1.46. The van der Waals surface area contributed by atoms with Gasteiger partial charge in [-0.2, -0.15) is 0 Å². The van der Waals surface area contributed by atoms with E-state index in [0.29, 0.717) is 31.2 Å². The molecular formula is C27H26N2O5. The van der Waals surface area contributed by atoms with E-state index in [9.17, 15) is 4.79 Å². The van der Waals surface area contributed by atoms with Crippen LogP contribution in [-0.4, -0.2) is 44.0 Å². The van der Waals surface area contributed by atoms with Crippen molar-refractivity contribution in [1.82, 2.24) is 0 Å². The maximum Gasteiger partial charge on any atom is 0.262 e. The van der Waals surface area contributed by atoms with E-state index < -0.39 is 0 Å². The molecule has 3 aromatic rings. The van der Waals surface area contributed by atoms with Crippen molar-refractivity contribution in [2.75, 3.05) is 43.6 Å². The van der Waals surface area contributed by atoms with Crippen molar-refractivity contribution in [2.24, 2.45) is 0 Å². The fourth-order valence-corrected chi connectivity index (χ4v) is 4.11. The zero-order valence-electron chi connectivity index (χ0n) is 18.6. The van der Waals surface area contributed by atoms with Crippen LogP contribution < -0.4 is 20.1 Å². The number of fused-ring (bicyclic) bond motifs is 2. The van der Waals surface area contributed by atoms with Gasteiger partial charge in [0, 0.05) is 29.4 Å². The summed E-state index contributed by atoms with van der Waals surface area (Å²) in [6, 6.07) is 21.9. The van der Waals surface area contributed by atoms with Crippen LogP contribution in [0.1, 0.15) is 22.8 Å². The number of anilines is 2. The third-order valence-electron chi connectivity index (χ3n) is 5.71. The number of amides is 1. The van der Waals surface area contributed by atoms with Gasteiger partial charge in [-0.05, 0) is 41.5 Å². The minimum atomic E-state index is -0.310. The number of aliphatic hydroxyl groups excluding tert-OH is 1. The predicted molar refractivity (Wildman–Crippen MR) is 131 cm³/mol. The first-order chi connectivity index (χ1) is 16.7. The van der Waals surface area contributed by atoms with Crippen molar-refractivity contribution < 1.29 is 24.1 Å². The van der Waals surface area contributed by atoms with Crippen LogP contribution in [-0.2, 0) is 9.53 Å². The van der Waals surface area contributed by atoms with E-state index in [0.717, 1.165) is 33.7 Å². The molecule has 2 aliphatic rings. The largest absolute Gasteiger partial charge is 0.482 e. The Morgan fingerprint density at radius 2 is 1.91 bits per heavy atom. The Morgan fingerprint density at radius 3 is 2.76 bits per heavy atom. The number of hydrogen-bond donors (Lipinski definition) is 3. The van der Waals surface area contributed by atoms with Crippen LogP contribution in [0.5, 0.6) is 11.5 Å². The normalized spacial score (nSPS) is 16.3. The molecule has 0 aliphatic carbocycles. The van der Waals surface area contributed by atoms with Crippen LogP contribution in [0.2, 0.25) is 0 Å². The third-order valence-corrected chi connectivity index (χ3v) is 5.71. The first-order valence-electron chi connectivity index (χ1n) is 11.3. The van der Waals surface area contributed by atoms with E-state index in [1.54, 1.807) is 0 Å². The lowest BCUT2D eigenvalue weighted by Crippen LogP contribution is -2.25. The molecular weight excluding hydrogens is 432 g/mol. The second-order valence-electron chi connectivity index (χ2n) is 8.07. The highest BCUT2D eigenvalue weighted by atomic mass is 16.5. The number of rotatable bonds is 8. The second-order valence-corrected chi connectivity index (χ2v) is 8.07. The summed E-state index contributed by atoms with van der Waals surface area (Å²) in [5, 5.41) is 15.0. The molecule has 34 heavy (non-hydrogen) atoms. The Bertz CT molecular complexity index is 1210. The molecule has 1 unspecified atom stereocenters. The van der Waals surface area contributed by atoms with Gasteiger partial charge in [0.05, 0.1) is 25.5 Å². The fourth-order valence-electron chi connectivity index (χ4n) is 4.11. The zero-order chi connectivity index (χ0) is 23.3. The van der Waals surface area contributed by atoms with Gasteiger partial charge in [0.25, 0.3) is 5.91 Å². The minimum absolute atomic E-state index is 0.0197. The summed E-state index contributed by atoms with van der Waals surface area (Å²) in [5.41, 5.74) is 5.56. The van der Waals surface area contributed by atoms with E-state index in [-0.39, 0.29) is 25.2 Å². The molecule has 0 aromatic heterocycles. The number of carbonyl (C=O) groups is 1. The highest BCUT2D eigenvalue weighted by molar-refractivity contribution is 5.97. The molecule has 1 amide bonds. The highest BCUT2D eigenvalue weighted by Gasteiger charge is 2.27. The second kappa shape index (κ2) is 9.99. The van der Waals surface area contributed by atoms with Gasteiger partial charge in [-0.15, -0.1) is 0 Å². The van der Waals surface area contributed by atoms with Crippen LogP contribution in [0.3, 0.4) is 0 Å². The van der Waals surface area contributed by atoms with Gasteiger partial charge in [-0.3, -0.25) is 4.79 Å². The molecule has 5 rings (SSSR count). The smallest absolute Gasteiger partial charge is 0.262 e. The van der Waals surface area contributed by atoms with Gasteiger partial charge in [-0.25, -0.2) is 0 Å². The summed E-state index contributed by atoms with van der Waals surface area (Å²) in [4.78, 5) is 11.8. The zero-order valence-corrected chi connectivity index (χ0v) is 18.6. The number of nitrogens with one attached hydrogen (secondary N) is 2. The number of hydrogen-bond acceptors (Lipinski definition) is 6. The lowest BCUT2D eigenvalue weighted by atomic mass is 9.90. The molecule has 0 spiro atoms. The molecule has 0 radical (unpaired) electrons. The third kappa shape index (κ3) is 4.76. The number of ether oxygens (including phenoxy) is 3. The standard InChI is InChI=1S/C27H26N2O5/c30-11-13-32-12-10-28-21-8-6-20-14-22(19-7-9-24-23(15-19)29-26(31)17-33-24)27(34-25(20)16-21)18-4-2-1-3-5-18/h1-9,14-16,27-28,30H,10-13,17H2,(H,29,31). The molecule has 1 atom stereocenters. The molecule has 3 aromatic carbocycles. The van der Waals surface area contributed by atoms with Gasteiger partial charge in [0.1, 0.15) is 17.6 Å². The summed E-state index contributed by atoms with van der Waals surface area (Å²) < 4.78 is 17.4. The summed E-state index contributed by atoms with van der Waals surface area (Å²) in [7, 11) is 0. The van der Waals surface area contributed by atoms with Crippen molar-refractivity contribution >= 4 is 28.9 Å². The topological polar surface area (TPSA) is 89.1 Å². The van der Waals surface area contributed by atoms with Crippen molar-refractivity contribution in [3.8, 4) is 11.5 Å². The summed E-state index contributed by atoms with van der Waals surface area (Å²) >= 11 is 0. The summed E-state index contributed by atoms with van der Waals surface area (Å²) in [5.74, 6) is 1.29. The number of carbonyl (C=O) groups excluding carboxylic acids is 1. The number of benzene rings is 3. The molecule has 2 aliphatic heterocycles. The average molecular weight is 459 g/mol. The maximum atomic E-state index is 11.8. The first kappa shape index (κ1) is 22.0. The van der Waals surface area contributed by atoms with Gasteiger partial charge < -0.3 is 30.0 Å². The minimum Gasteiger partial charge on any atom is -0.482 e. The van der Waals surface area contributed by atoms with Crippen LogP contribution in [0.4, 0.5) is 11.4 Å². The Morgan fingerprint density at radius 1 is 1.03 bits per heavy atom. The van der Waals surface area contributed by atoms with E-state index in [1.165, 1.54) is 0 Å². The number of aliphatic hydroxyl groups is 1. The van der Waals surface area contributed by atoms with E-state index in [4.69, 9.17) is 19.3 Å². The Labute approximate surface area is 198 Å². The molecule has 2 heterocycles. The van der Waals surface area contributed by atoms with Crippen LogP contribution in [0.25, 0.3) is 11.6 Å².